The quantitative estimate of drug-likeness (QED) is 0.609. The van der Waals surface area contributed by atoms with Crippen LogP contribution in [0.15, 0.2) is 28.4 Å². The lowest BCUT2D eigenvalue weighted by atomic mass is 10.4. The molecule has 10 heavy (non-hydrogen) atoms. The van der Waals surface area contributed by atoms with Gasteiger partial charge >= 0.3 is 0 Å². The molecule has 0 atom stereocenters. The van der Waals surface area contributed by atoms with Gasteiger partial charge in [-0.25, -0.2) is 0 Å². The van der Waals surface area contributed by atoms with Gasteiger partial charge in [0.15, 0.2) is 0 Å². The summed E-state index contributed by atoms with van der Waals surface area (Å²) in [7, 11) is 0. The third kappa shape index (κ3) is 0.752. The van der Waals surface area contributed by atoms with E-state index in [2.05, 4.69) is 4.98 Å². The number of hydrogen-bond donors (Lipinski definition) is 1. The molecule has 2 aromatic rings. The van der Waals surface area contributed by atoms with E-state index in [4.69, 9.17) is 0 Å². The Morgan fingerprint density at radius 3 is 3.10 bits per heavy atom. The van der Waals surface area contributed by atoms with Gasteiger partial charge in [0.25, 0.3) is 0 Å². The summed E-state index contributed by atoms with van der Waals surface area (Å²) in [4.78, 5) is 13.5. The fraction of sp³-hybridized carbons (Fsp3) is 0. The molecule has 0 aliphatic carbocycles. The van der Waals surface area contributed by atoms with Gasteiger partial charge in [-0.3, -0.25) is 4.79 Å². The van der Waals surface area contributed by atoms with Crippen molar-refractivity contribution in [2.24, 2.45) is 0 Å². The van der Waals surface area contributed by atoms with Gasteiger partial charge in [0, 0.05) is 6.07 Å². The number of pyridine rings is 1. The molecule has 2 aromatic heterocycles. The van der Waals surface area contributed by atoms with Crippen LogP contribution in [0, 0.1) is 0 Å². The smallest absolute Gasteiger partial charge is 0.248 e. The van der Waals surface area contributed by atoms with Crippen molar-refractivity contribution < 1.29 is 0 Å². The number of hydrogen-bond acceptors (Lipinski definition) is 2. The summed E-state index contributed by atoms with van der Waals surface area (Å²) in [5.74, 6) is 0. The maximum Gasteiger partial charge on any atom is 0.248 e. The van der Waals surface area contributed by atoms with E-state index < -0.39 is 0 Å². The molecule has 0 fully saturated rings. The van der Waals surface area contributed by atoms with Gasteiger partial charge in [-0.2, -0.15) is 0 Å². The molecule has 0 spiro atoms. The van der Waals surface area contributed by atoms with E-state index in [0.717, 1.165) is 10.2 Å². The second kappa shape index (κ2) is 1.95. The predicted molar refractivity (Wildman–Crippen MR) is 42.4 cm³/mol. The summed E-state index contributed by atoms with van der Waals surface area (Å²) in [6, 6.07) is 5.28. The van der Waals surface area contributed by atoms with Crippen LogP contribution in [0.2, 0.25) is 0 Å². The van der Waals surface area contributed by atoms with E-state index in [0.29, 0.717) is 0 Å². The Bertz CT molecular complexity index is 401. The summed E-state index contributed by atoms with van der Waals surface area (Å²) in [5, 5.41) is 1.96. The maximum atomic E-state index is 10.7. The summed E-state index contributed by atoms with van der Waals surface area (Å²) >= 11 is 1.63. The Balaban J connectivity index is 2.99. The second-order valence-corrected chi connectivity index (χ2v) is 2.97. The average molecular weight is 151 g/mol. The third-order valence-electron chi connectivity index (χ3n) is 1.34. The molecule has 0 radical (unpaired) electrons. The van der Waals surface area contributed by atoms with Crippen LogP contribution in [0.1, 0.15) is 0 Å². The number of fused-ring (bicyclic) bond motifs is 1. The molecule has 0 bridgehead atoms. The van der Waals surface area contributed by atoms with E-state index in [1.165, 1.54) is 0 Å². The van der Waals surface area contributed by atoms with Crippen molar-refractivity contribution in [1.29, 1.82) is 0 Å². The number of aromatic nitrogens is 1. The van der Waals surface area contributed by atoms with Gasteiger partial charge in [0.1, 0.15) is 0 Å². The minimum Gasteiger partial charge on any atom is -0.321 e. The van der Waals surface area contributed by atoms with Gasteiger partial charge in [-0.1, -0.05) is 0 Å². The maximum absolute atomic E-state index is 10.7. The molecule has 50 valence electrons. The molecule has 0 aromatic carbocycles. The lowest BCUT2D eigenvalue weighted by molar-refractivity contribution is 1.32. The molecular formula is C7H5NOS. The van der Waals surface area contributed by atoms with E-state index in [-0.39, 0.29) is 5.56 Å². The topological polar surface area (TPSA) is 32.9 Å². The zero-order chi connectivity index (χ0) is 6.97. The summed E-state index contributed by atoms with van der Waals surface area (Å²) in [6.45, 7) is 0. The molecular weight excluding hydrogens is 146 g/mol. The largest absolute Gasteiger partial charge is 0.321 e. The van der Waals surface area contributed by atoms with Crippen LogP contribution in [-0.4, -0.2) is 4.98 Å². The predicted octanol–water partition coefficient (Wildman–Crippen LogP) is 1.59. The highest BCUT2D eigenvalue weighted by atomic mass is 32.1. The van der Waals surface area contributed by atoms with Gasteiger partial charge < -0.3 is 4.98 Å². The van der Waals surface area contributed by atoms with Crippen molar-refractivity contribution in [2.45, 2.75) is 0 Å². The fourth-order valence-corrected chi connectivity index (χ4v) is 1.62. The molecule has 0 aliphatic rings. The van der Waals surface area contributed by atoms with Crippen molar-refractivity contribution in [3.8, 4) is 0 Å². The van der Waals surface area contributed by atoms with Gasteiger partial charge in [0.05, 0.1) is 10.2 Å². The van der Waals surface area contributed by atoms with E-state index >= 15 is 0 Å². The molecule has 2 nitrogen and oxygen atoms in total. The molecule has 0 amide bonds. The Morgan fingerprint density at radius 2 is 2.20 bits per heavy atom. The van der Waals surface area contributed by atoms with E-state index in [1.807, 2.05) is 17.5 Å². The standard InChI is InChI=1S/C7H5NOS/c9-7-2-1-6-5(8-7)3-4-10-6/h1-4H,(H,8,9). The molecule has 0 unspecified atom stereocenters. The number of H-pyrrole nitrogens is 1. The first-order valence-corrected chi connectivity index (χ1v) is 3.81. The SMILES string of the molecule is O=c1ccc2sccc2[nH]1. The second-order valence-electron chi connectivity index (χ2n) is 2.02. The average Bonchev–Trinajstić information content (AvgIpc) is 2.33. The Hall–Kier alpha value is -1.09. The van der Waals surface area contributed by atoms with E-state index in [9.17, 15) is 4.79 Å². The monoisotopic (exact) mass is 151 g/mol. The van der Waals surface area contributed by atoms with E-state index in [1.54, 1.807) is 17.4 Å². The number of aromatic amines is 1. The van der Waals surface area contributed by atoms with Crippen LogP contribution in [0.5, 0.6) is 0 Å². The first-order chi connectivity index (χ1) is 4.86. The highest BCUT2D eigenvalue weighted by Crippen LogP contribution is 2.15. The van der Waals surface area contributed by atoms with Gasteiger partial charge in [0.2, 0.25) is 5.56 Å². The Kier molecular flexibility index (Phi) is 1.11. The Labute approximate surface area is 61.1 Å². The molecule has 3 heteroatoms. The van der Waals surface area contributed by atoms with Crippen molar-refractivity contribution in [3.05, 3.63) is 33.9 Å². The molecule has 0 saturated carbocycles. The summed E-state index contributed by atoms with van der Waals surface area (Å²) in [6.07, 6.45) is 0. The van der Waals surface area contributed by atoms with Gasteiger partial charge in [-0.05, 0) is 17.5 Å². The van der Waals surface area contributed by atoms with Gasteiger partial charge in [-0.15, -0.1) is 11.3 Å². The van der Waals surface area contributed by atoms with Crippen LogP contribution >= 0.6 is 11.3 Å². The fourth-order valence-electron chi connectivity index (χ4n) is 0.879. The molecule has 2 rings (SSSR count). The minimum atomic E-state index is -0.0362. The number of rotatable bonds is 0. The van der Waals surface area contributed by atoms with Crippen molar-refractivity contribution >= 4 is 21.6 Å². The van der Waals surface area contributed by atoms with Crippen LogP contribution in [0.4, 0.5) is 0 Å². The number of nitrogens with one attached hydrogen (secondary N) is 1. The van der Waals surface area contributed by atoms with Crippen molar-refractivity contribution in [3.63, 3.8) is 0 Å². The highest BCUT2D eigenvalue weighted by molar-refractivity contribution is 7.17. The first kappa shape index (κ1) is 5.68. The third-order valence-corrected chi connectivity index (χ3v) is 2.22. The lowest BCUT2D eigenvalue weighted by Gasteiger charge is -1.83. The molecule has 2 heterocycles. The van der Waals surface area contributed by atoms with Crippen molar-refractivity contribution in [1.82, 2.24) is 4.98 Å². The zero-order valence-electron chi connectivity index (χ0n) is 5.13. The van der Waals surface area contributed by atoms with Crippen LogP contribution in [-0.2, 0) is 0 Å². The minimum absolute atomic E-state index is 0.0362. The molecule has 1 N–H and O–H groups in total. The van der Waals surface area contributed by atoms with Crippen molar-refractivity contribution in [2.75, 3.05) is 0 Å². The Morgan fingerprint density at radius 1 is 1.30 bits per heavy atom. The normalized spacial score (nSPS) is 10.4. The molecule has 0 saturated heterocycles. The zero-order valence-corrected chi connectivity index (χ0v) is 5.94. The first-order valence-electron chi connectivity index (χ1n) is 2.93. The lowest BCUT2D eigenvalue weighted by Crippen LogP contribution is -2.00. The highest BCUT2D eigenvalue weighted by Gasteiger charge is 1.91. The summed E-state index contributed by atoms with van der Waals surface area (Å²) < 4.78 is 1.12. The van der Waals surface area contributed by atoms with Crippen LogP contribution < -0.4 is 5.56 Å². The van der Waals surface area contributed by atoms with Crippen LogP contribution in [0.25, 0.3) is 10.2 Å². The molecule has 0 aliphatic heterocycles. The summed E-state index contributed by atoms with van der Waals surface area (Å²) in [5.41, 5.74) is 0.892. The van der Waals surface area contributed by atoms with Crippen LogP contribution in [0.3, 0.4) is 0 Å². The number of thiophene rings is 1.